The molecule has 3 N–H and O–H groups in total. The molecule has 2 aliphatic rings. The van der Waals surface area contributed by atoms with Gasteiger partial charge in [-0.3, -0.25) is 24.3 Å². The van der Waals surface area contributed by atoms with E-state index < -0.39 is 0 Å². The highest BCUT2D eigenvalue weighted by molar-refractivity contribution is 6.01. The zero-order valence-electron chi connectivity index (χ0n) is 33.6. The van der Waals surface area contributed by atoms with Gasteiger partial charge in [-0.1, -0.05) is 91.7 Å². The summed E-state index contributed by atoms with van der Waals surface area (Å²) < 4.78 is 13.7. The number of rotatable bonds is 19. The Morgan fingerprint density at radius 2 is 1.43 bits per heavy atom. The van der Waals surface area contributed by atoms with Crippen LogP contribution in [0.25, 0.3) is 11.0 Å². The van der Waals surface area contributed by atoms with E-state index in [0.717, 1.165) is 86.8 Å². The van der Waals surface area contributed by atoms with Crippen molar-refractivity contribution >= 4 is 34.6 Å². The van der Waals surface area contributed by atoms with Gasteiger partial charge in [0.15, 0.2) is 5.82 Å². The van der Waals surface area contributed by atoms with Crippen molar-refractivity contribution < 1.29 is 19.1 Å². The molecular formula is C41H68N8O4. The molecule has 0 aliphatic carbocycles. The number of carbonyl (C=O) groups is 2. The zero-order chi connectivity index (χ0) is 38.4. The van der Waals surface area contributed by atoms with Crippen molar-refractivity contribution in [2.75, 3.05) is 77.2 Å². The molecule has 2 fully saturated rings. The number of carbonyl (C=O) groups excluding carboxylic acids is 2. The van der Waals surface area contributed by atoms with Gasteiger partial charge in [-0.05, 0) is 24.1 Å². The van der Waals surface area contributed by atoms with Crippen LogP contribution in [0.1, 0.15) is 110 Å². The smallest absolute Gasteiger partial charge is 0.229 e. The van der Waals surface area contributed by atoms with E-state index in [2.05, 4.69) is 82.5 Å². The van der Waals surface area contributed by atoms with Crippen molar-refractivity contribution in [1.82, 2.24) is 29.2 Å². The summed E-state index contributed by atoms with van der Waals surface area (Å²) in [6.07, 6.45) is 12.8. The van der Waals surface area contributed by atoms with E-state index >= 15 is 0 Å². The normalized spacial score (nSPS) is 14.9. The second-order valence-electron chi connectivity index (χ2n) is 13.9. The highest BCUT2D eigenvalue weighted by Gasteiger charge is 2.28. The maximum Gasteiger partial charge on any atom is 0.229 e. The molecule has 0 bridgehead atoms. The van der Waals surface area contributed by atoms with Gasteiger partial charge in [0.05, 0.1) is 38.9 Å². The molecule has 53 heavy (non-hydrogen) atoms. The molecule has 0 radical (unpaired) electrons. The van der Waals surface area contributed by atoms with Crippen LogP contribution in [0.5, 0.6) is 5.75 Å². The van der Waals surface area contributed by atoms with E-state index in [0.29, 0.717) is 39.1 Å². The molecule has 12 heteroatoms. The predicted molar refractivity (Wildman–Crippen MR) is 216 cm³/mol. The average molecular weight is 737 g/mol. The number of fused-ring (bicyclic) bond motifs is 1. The molecule has 4 heterocycles. The number of ether oxygens (including phenoxy) is 2. The fraction of sp³-hybridized carbons (Fsp3) is 0.659. The predicted octanol–water partition coefficient (Wildman–Crippen LogP) is 6.96. The van der Waals surface area contributed by atoms with Crippen molar-refractivity contribution in [2.24, 2.45) is 0 Å². The van der Waals surface area contributed by atoms with Crippen molar-refractivity contribution in [1.29, 1.82) is 0 Å². The number of nitrogens with two attached hydrogens (primary N) is 1. The van der Waals surface area contributed by atoms with Crippen molar-refractivity contribution in [3.05, 3.63) is 41.6 Å². The monoisotopic (exact) mass is 737 g/mol. The van der Waals surface area contributed by atoms with Crippen molar-refractivity contribution in [2.45, 2.75) is 112 Å². The van der Waals surface area contributed by atoms with Crippen LogP contribution in [0.4, 0.5) is 11.8 Å². The third kappa shape index (κ3) is 14.5. The first kappa shape index (κ1) is 43.7. The molecule has 0 atom stereocenters. The molecule has 0 saturated carbocycles. The molecule has 1 aromatic carbocycles. The van der Waals surface area contributed by atoms with Crippen LogP contribution >= 0.6 is 0 Å². The third-order valence-electron chi connectivity index (χ3n) is 9.64. The molecule has 0 spiro atoms. The Bertz CT molecular complexity index is 1480. The summed E-state index contributed by atoms with van der Waals surface area (Å²) in [5.74, 6) is 1.74. The SMILES string of the molecule is CCCC.CCCCC.CCCCCNc1nc(N)nc2ccn(Cc3ccc(CN4CCN(CCOCCN5C(=O)CCC5=O)CC4)cc3OC)c12. The van der Waals surface area contributed by atoms with Crippen molar-refractivity contribution in [3.63, 3.8) is 0 Å². The van der Waals surface area contributed by atoms with Gasteiger partial charge in [-0.15, -0.1) is 0 Å². The van der Waals surface area contributed by atoms with Crippen LogP contribution in [0, 0.1) is 0 Å². The average Bonchev–Trinajstić information content (AvgIpc) is 3.72. The minimum absolute atomic E-state index is 0.0859. The largest absolute Gasteiger partial charge is 0.496 e. The number of likely N-dealkylation sites (tertiary alicyclic amines) is 1. The van der Waals surface area contributed by atoms with Gasteiger partial charge in [0, 0.05) is 70.4 Å². The van der Waals surface area contributed by atoms with E-state index in [1.807, 2.05) is 12.3 Å². The Hall–Kier alpha value is -3.74. The fourth-order valence-corrected chi connectivity index (χ4v) is 6.27. The number of methoxy groups -OCH3 is 1. The molecule has 0 unspecified atom stereocenters. The maximum atomic E-state index is 11.7. The minimum atomic E-state index is -0.0859. The molecule has 5 rings (SSSR count). The van der Waals surface area contributed by atoms with E-state index in [9.17, 15) is 9.59 Å². The van der Waals surface area contributed by atoms with Gasteiger partial charge in [0.25, 0.3) is 0 Å². The Morgan fingerprint density at radius 3 is 2.06 bits per heavy atom. The van der Waals surface area contributed by atoms with Crippen LogP contribution in [-0.4, -0.2) is 107 Å². The second kappa shape index (κ2) is 24.6. The Kier molecular flexibility index (Phi) is 20.2. The van der Waals surface area contributed by atoms with Gasteiger partial charge in [0.1, 0.15) is 11.3 Å². The number of anilines is 2. The summed E-state index contributed by atoms with van der Waals surface area (Å²) in [6.45, 7) is 19.4. The summed E-state index contributed by atoms with van der Waals surface area (Å²) in [5.41, 5.74) is 10.1. The number of piperazine rings is 1. The van der Waals surface area contributed by atoms with Gasteiger partial charge in [-0.25, -0.2) is 4.98 Å². The molecule has 2 aromatic heterocycles. The Balaban J connectivity index is 0.000000753. The molecule has 2 aliphatic heterocycles. The lowest BCUT2D eigenvalue weighted by Gasteiger charge is -2.34. The number of nitrogen functional groups attached to an aromatic ring is 1. The fourth-order valence-electron chi connectivity index (χ4n) is 6.27. The second-order valence-corrected chi connectivity index (χ2v) is 13.9. The first-order valence-corrected chi connectivity index (χ1v) is 20.2. The number of aromatic nitrogens is 3. The van der Waals surface area contributed by atoms with Gasteiger partial charge < -0.3 is 25.1 Å². The van der Waals surface area contributed by atoms with Crippen molar-refractivity contribution in [3.8, 4) is 5.75 Å². The van der Waals surface area contributed by atoms with Crippen LogP contribution in [-0.2, 0) is 27.4 Å². The summed E-state index contributed by atoms with van der Waals surface area (Å²) in [5, 5.41) is 3.47. The lowest BCUT2D eigenvalue weighted by molar-refractivity contribution is -0.139. The minimum Gasteiger partial charge on any atom is -0.496 e. The van der Waals surface area contributed by atoms with E-state index in [4.69, 9.17) is 15.2 Å². The standard InChI is InChI=1S/C32H46N8O4.C5H12.C4H10/c1-3-4-5-11-34-31-30-26(35-32(33)36-31)10-12-39(30)23-25-7-6-24(21-27(25)43-2)22-38-15-13-37(14-16-38)17-19-44-20-18-40-28(41)8-9-29(40)42;1-3-5-4-2;1-3-4-2/h6-7,10,12,21H,3-5,8-9,11,13-20,22-23H2,1-2H3,(H3,33,34,35,36);3-5H2,1-2H3;3-4H2,1-2H3. The van der Waals surface area contributed by atoms with Crippen LogP contribution in [0.3, 0.4) is 0 Å². The summed E-state index contributed by atoms with van der Waals surface area (Å²) >= 11 is 0. The van der Waals surface area contributed by atoms with Crippen LogP contribution in [0.2, 0.25) is 0 Å². The molecule has 296 valence electrons. The van der Waals surface area contributed by atoms with Gasteiger partial charge in [0.2, 0.25) is 17.8 Å². The molecule has 2 amide bonds. The van der Waals surface area contributed by atoms with Gasteiger partial charge in [-0.2, -0.15) is 4.98 Å². The van der Waals surface area contributed by atoms with Crippen LogP contribution in [0.15, 0.2) is 30.5 Å². The van der Waals surface area contributed by atoms with E-state index in [1.54, 1.807) is 7.11 Å². The number of amides is 2. The molecular weight excluding hydrogens is 669 g/mol. The van der Waals surface area contributed by atoms with Crippen LogP contribution < -0.4 is 15.8 Å². The highest BCUT2D eigenvalue weighted by atomic mass is 16.5. The third-order valence-corrected chi connectivity index (χ3v) is 9.64. The quantitative estimate of drug-likeness (QED) is 0.0984. The zero-order valence-corrected chi connectivity index (χ0v) is 33.6. The topological polar surface area (TPSA) is 131 Å². The van der Waals surface area contributed by atoms with Gasteiger partial charge >= 0.3 is 0 Å². The number of nitrogens with zero attached hydrogens (tertiary/aromatic N) is 6. The first-order valence-electron chi connectivity index (χ1n) is 20.2. The summed E-state index contributed by atoms with van der Waals surface area (Å²) in [7, 11) is 1.72. The number of imide groups is 1. The molecule has 2 saturated heterocycles. The first-order chi connectivity index (χ1) is 25.8. The van der Waals surface area contributed by atoms with E-state index in [1.165, 1.54) is 49.0 Å². The van der Waals surface area contributed by atoms with E-state index in [-0.39, 0.29) is 17.8 Å². The summed E-state index contributed by atoms with van der Waals surface area (Å²) in [6, 6.07) is 8.48. The molecule has 3 aromatic rings. The number of hydrogen-bond donors (Lipinski definition) is 2. The lowest BCUT2D eigenvalue weighted by Crippen LogP contribution is -2.46. The number of benzene rings is 1. The maximum absolute atomic E-state index is 11.7. The Labute approximate surface area is 318 Å². The number of unbranched alkanes of at least 4 members (excludes halogenated alkanes) is 5. The molecule has 12 nitrogen and oxygen atoms in total. The lowest BCUT2D eigenvalue weighted by atomic mass is 10.1. The number of nitrogens with one attached hydrogen (secondary N) is 1. The highest BCUT2D eigenvalue weighted by Crippen LogP contribution is 2.27. The number of hydrogen-bond acceptors (Lipinski definition) is 10. The summed E-state index contributed by atoms with van der Waals surface area (Å²) in [4.78, 5) is 38.5. The Morgan fingerprint density at radius 1 is 0.774 bits per heavy atom.